The van der Waals surface area contributed by atoms with Crippen LogP contribution in [0.15, 0.2) is 90.0 Å². The summed E-state index contributed by atoms with van der Waals surface area (Å²) in [7, 11) is -3.55. The number of benzene rings is 3. The summed E-state index contributed by atoms with van der Waals surface area (Å²) in [5.74, 6) is -1.47. The van der Waals surface area contributed by atoms with Gasteiger partial charge in [0, 0.05) is 29.3 Å². The molecule has 36 heavy (non-hydrogen) atoms. The van der Waals surface area contributed by atoms with Gasteiger partial charge in [-0.2, -0.15) is 0 Å². The Morgan fingerprint density at radius 2 is 1.75 bits per heavy atom. The minimum absolute atomic E-state index is 0.0432. The van der Waals surface area contributed by atoms with Gasteiger partial charge in [0.1, 0.15) is 0 Å². The molecule has 0 bridgehead atoms. The summed E-state index contributed by atoms with van der Waals surface area (Å²) < 4.78 is 24.4. The van der Waals surface area contributed by atoms with Gasteiger partial charge >= 0.3 is 5.97 Å². The number of carboxylic acid groups (broad SMARTS) is 1. The summed E-state index contributed by atoms with van der Waals surface area (Å²) in [6.07, 6.45) is 2.52. The zero-order valence-electron chi connectivity index (χ0n) is 19.1. The highest BCUT2D eigenvalue weighted by atomic mass is 35.5. The molecule has 0 aliphatic rings. The van der Waals surface area contributed by atoms with E-state index in [0.29, 0.717) is 38.7 Å². The number of rotatable bonds is 7. The fourth-order valence-electron chi connectivity index (χ4n) is 3.73. The highest BCUT2D eigenvalue weighted by molar-refractivity contribution is 7.90. The number of pyridine rings is 1. The van der Waals surface area contributed by atoms with Gasteiger partial charge in [0.05, 0.1) is 22.0 Å². The molecule has 7 nitrogen and oxygen atoms in total. The van der Waals surface area contributed by atoms with Crippen molar-refractivity contribution in [1.29, 1.82) is 0 Å². The highest BCUT2D eigenvalue weighted by Gasteiger charge is 2.18. The number of hydrogen-bond donors (Lipinski definition) is 2. The van der Waals surface area contributed by atoms with Crippen molar-refractivity contribution in [2.75, 3.05) is 11.6 Å². The molecule has 0 spiro atoms. The van der Waals surface area contributed by atoms with Crippen molar-refractivity contribution in [3.63, 3.8) is 0 Å². The minimum atomic E-state index is -3.55. The zero-order chi connectivity index (χ0) is 25.9. The molecule has 0 aliphatic carbocycles. The molecule has 4 rings (SSSR count). The predicted molar refractivity (Wildman–Crippen MR) is 139 cm³/mol. The summed E-state index contributed by atoms with van der Waals surface area (Å²) >= 11 is 6.35. The van der Waals surface area contributed by atoms with E-state index in [9.17, 15) is 18.0 Å². The van der Waals surface area contributed by atoms with Gasteiger partial charge < -0.3 is 10.4 Å². The SMILES string of the molecule is CS(=O)(=O)c1ccc(C(=O)Nc2ccc(Cl)c(-c3ccccn3)c2)c(-c2cccc(CC(=O)O)c2)c1. The van der Waals surface area contributed by atoms with Crippen molar-refractivity contribution in [1.82, 2.24) is 4.98 Å². The summed E-state index contributed by atoms with van der Waals surface area (Å²) in [6, 6.07) is 21.3. The fourth-order valence-corrected chi connectivity index (χ4v) is 4.60. The quantitative estimate of drug-likeness (QED) is 0.339. The maximum atomic E-state index is 13.4. The number of aliphatic carboxylic acids is 1. The van der Waals surface area contributed by atoms with E-state index in [0.717, 1.165) is 6.26 Å². The number of hydrogen-bond acceptors (Lipinski definition) is 5. The van der Waals surface area contributed by atoms with Crippen LogP contribution in [0.4, 0.5) is 5.69 Å². The lowest BCUT2D eigenvalue weighted by Crippen LogP contribution is -2.14. The third kappa shape index (κ3) is 5.79. The van der Waals surface area contributed by atoms with Gasteiger partial charge in [0.25, 0.3) is 5.91 Å². The van der Waals surface area contributed by atoms with Crippen LogP contribution in [0.5, 0.6) is 0 Å². The van der Waals surface area contributed by atoms with E-state index in [1.807, 2.05) is 6.07 Å². The largest absolute Gasteiger partial charge is 0.481 e. The molecule has 0 saturated carbocycles. The second-order valence-electron chi connectivity index (χ2n) is 8.11. The molecule has 2 N–H and O–H groups in total. The average molecular weight is 521 g/mol. The van der Waals surface area contributed by atoms with Gasteiger partial charge in [-0.3, -0.25) is 14.6 Å². The van der Waals surface area contributed by atoms with E-state index in [-0.39, 0.29) is 16.9 Å². The summed E-state index contributed by atoms with van der Waals surface area (Å²) in [4.78, 5) is 28.9. The Labute approximate surface area is 213 Å². The van der Waals surface area contributed by atoms with Gasteiger partial charge in [-0.1, -0.05) is 41.9 Å². The van der Waals surface area contributed by atoms with Crippen LogP contribution in [0.2, 0.25) is 5.02 Å². The Kier molecular flexibility index (Phi) is 7.19. The van der Waals surface area contributed by atoms with E-state index in [2.05, 4.69) is 10.3 Å². The third-order valence-electron chi connectivity index (χ3n) is 5.42. The van der Waals surface area contributed by atoms with Crippen molar-refractivity contribution in [2.24, 2.45) is 0 Å². The van der Waals surface area contributed by atoms with Gasteiger partial charge in [-0.15, -0.1) is 0 Å². The molecule has 0 fully saturated rings. The Bertz CT molecular complexity index is 1570. The van der Waals surface area contributed by atoms with Crippen LogP contribution < -0.4 is 5.32 Å². The van der Waals surface area contributed by atoms with Gasteiger partial charge in [-0.25, -0.2) is 8.42 Å². The molecule has 1 aromatic heterocycles. The van der Waals surface area contributed by atoms with Gasteiger partial charge in [0.2, 0.25) is 0 Å². The predicted octanol–water partition coefficient (Wildman–Crippen LogP) is 5.35. The number of carboxylic acids is 1. The van der Waals surface area contributed by atoms with Gasteiger partial charge in [0.15, 0.2) is 9.84 Å². The minimum Gasteiger partial charge on any atom is -0.481 e. The zero-order valence-corrected chi connectivity index (χ0v) is 20.7. The topological polar surface area (TPSA) is 113 Å². The number of aromatic nitrogens is 1. The first-order chi connectivity index (χ1) is 17.1. The number of halogens is 1. The summed E-state index contributed by atoms with van der Waals surface area (Å²) in [5.41, 5.74) is 3.40. The smallest absolute Gasteiger partial charge is 0.307 e. The molecular formula is C27H21ClN2O5S. The molecule has 182 valence electrons. The molecular weight excluding hydrogens is 500 g/mol. The molecule has 4 aromatic rings. The second kappa shape index (κ2) is 10.3. The van der Waals surface area contributed by atoms with Crippen LogP contribution in [0.25, 0.3) is 22.4 Å². The number of nitrogens with one attached hydrogen (secondary N) is 1. The summed E-state index contributed by atoms with van der Waals surface area (Å²) in [6.45, 7) is 0. The van der Waals surface area contributed by atoms with E-state index in [1.165, 1.54) is 18.2 Å². The van der Waals surface area contributed by atoms with Crippen molar-refractivity contribution < 1.29 is 23.1 Å². The normalized spacial score (nSPS) is 11.2. The number of sulfone groups is 1. The van der Waals surface area contributed by atoms with Crippen molar-refractivity contribution in [3.05, 3.63) is 101 Å². The molecule has 1 amide bonds. The van der Waals surface area contributed by atoms with E-state index < -0.39 is 21.7 Å². The van der Waals surface area contributed by atoms with Crippen LogP contribution in [0.3, 0.4) is 0 Å². The van der Waals surface area contributed by atoms with Crippen LogP contribution in [-0.2, 0) is 21.1 Å². The van der Waals surface area contributed by atoms with Gasteiger partial charge in [-0.05, 0) is 65.2 Å². The molecule has 1 heterocycles. The molecule has 0 atom stereocenters. The first-order valence-electron chi connectivity index (χ1n) is 10.8. The molecule has 3 aromatic carbocycles. The van der Waals surface area contributed by atoms with Crippen molar-refractivity contribution in [2.45, 2.75) is 11.3 Å². The highest BCUT2D eigenvalue weighted by Crippen LogP contribution is 2.31. The first kappa shape index (κ1) is 25.1. The van der Waals surface area contributed by atoms with Crippen molar-refractivity contribution in [3.8, 4) is 22.4 Å². The monoisotopic (exact) mass is 520 g/mol. The molecule has 0 saturated heterocycles. The van der Waals surface area contributed by atoms with E-state index in [4.69, 9.17) is 16.7 Å². The maximum absolute atomic E-state index is 13.4. The second-order valence-corrected chi connectivity index (χ2v) is 10.5. The number of amides is 1. The lowest BCUT2D eigenvalue weighted by atomic mass is 9.96. The molecule has 0 radical (unpaired) electrons. The Hall–Kier alpha value is -4.01. The maximum Gasteiger partial charge on any atom is 0.307 e. The Balaban J connectivity index is 1.75. The first-order valence-corrected chi connectivity index (χ1v) is 13.1. The Morgan fingerprint density at radius 3 is 2.44 bits per heavy atom. The summed E-state index contributed by atoms with van der Waals surface area (Å²) in [5, 5.41) is 12.5. The Morgan fingerprint density at radius 1 is 0.944 bits per heavy atom. The number of nitrogens with zero attached hydrogens (tertiary/aromatic N) is 1. The fraction of sp³-hybridized carbons (Fsp3) is 0.0741. The molecule has 9 heteroatoms. The average Bonchev–Trinajstić information content (AvgIpc) is 2.84. The van der Waals surface area contributed by atoms with Crippen LogP contribution >= 0.6 is 11.6 Å². The van der Waals surface area contributed by atoms with Crippen LogP contribution in [-0.4, -0.2) is 36.6 Å². The van der Waals surface area contributed by atoms with E-state index >= 15 is 0 Å². The van der Waals surface area contributed by atoms with Crippen LogP contribution in [0.1, 0.15) is 15.9 Å². The van der Waals surface area contributed by atoms with Crippen molar-refractivity contribution >= 4 is 39.0 Å². The number of carbonyl (C=O) groups excluding carboxylic acids is 1. The van der Waals surface area contributed by atoms with E-state index in [1.54, 1.807) is 60.8 Å². The number of anilines is 1. The number of carbonyl (C=O) groups is 2. The lowest BCUT2D eigenvalue weighted by molar-refractivity contribution is -0.136. The molecule has 0 unspecified atom stereocenters. The molecule has 0 aliphatic heterocycles. The van der Waals surface area contributed by atoms with Crippen LogP contribution in [0, 0.1) is 0 Å². The third-order valence-corrected chi connectivity index (χ3v) is 6.86. The lowest BCUT2D eigenvalue weighted by Gasteiger charge is -2.14. The standard InChI is InChI=1S/C27H21ClN2O5S/c1-36(34,35)20-9-10-21(22(16-20)18-6-4-5-17(13-18)14-26(31)32)27(33)30-19-8-11-24(28)23(15-19)25-7-2-3-12-29-25/h2-13,15-16H,14H2,1H3,(H,30,33)(H,31,32).